The number of nitrogens with one attached hydrogen (secondary N) is 3. The van der Waals surface area contributed by atoms with Crippen molar-refractivity contribution >= 4 is 46.2 Å². The summed E-state index contributed by atoms with van der Waals surface area (Å²) < 4.78 is 0. The molecule has 0 saturated heterocycles. The highest BCUT2D eigenvalue weighted by Crippen LogP contribution is 2.23. The third-order valence-corrected chi connectivity index (χ3v) is 4.52. The van der Waals surface area contributed by atoms with Crippen LogP contribution in [-0.4, -0.2) is 17.6 Å². The standard InChI is InChI=1S/C19H22ClN3OS/c1-11-8-12(2)18(13(3)9-11)23-17(24)10-21-19(25)22-16-7-5-6-15(20)14(16)4/h5-9H,10H2,1-4H3,(H,23,24)(H2,21,22,25). The monoisotopic (exact) mass is 375 g/mol. The van der Waals surface area contributed by atoms with E-state index in [2.05, 4.69) is 16.0 Å². The van der Waals surface area contributed by atoms with Gasteiger partial charge >= 0.3 is 0 Å². The molecule has 0 atom stereocenters. The number of hydrogen-bond donors (Lipinski definition) is 3. The minimum Gasteiger partial charge on any atom is -0.353 e. The molecular weight excluding hydrogens is 354 g/mol. The Morgan fingerprint density at radius 1 is 1.08 bits per heavy atom. The lowest BCUT2D eigenvalue weighted by atomic mass is 10.1. The highest BCUT2D eigenvalue weighted by atomic mass is 35.5. The van der Waals surface area contributed by atoms with Gasteiger partial charge in [-0.25, -0.2) is 0 Å². The van der Waals surface area contributed by atoms with Gasteiger partial charge in [0.2, 0.25) is 5.91 Å². The fourth-order valence-corrected chi connectivity index (χ4v) is 2.99. The topological polar surface area (TPSA) is 53.2 Å². The number of carbonyl (C=O) groups excluding carboxylic acids is 1. The van der Waals surface area contributed by atoms with Crippen LogP contribution in [-0.2, 0) is 4.79 Å². The molecule has 1 amide bonds. The van der Waals surface area contributed by atoms with E-state index in [9.17, 15) is 4.79 Å². The summed E-state index contributed by atoms with van der Waals surface area (Å²) in [5.41, 5.74) is 5.83. The molecule has 2 aromatic carbocycles. The fraction of sp³-hybridized carbons (Fsp3) is 0.263. The lowest BCUT2D eigenvalue weighted by Gasteiger charge is -2.15. The molecule has 4 nitrogen and oxygen atoms in total. The number of rotatable bonds is 4. The van der Waals surface area contributed by atoms with Crippen molar-refractivity contribution in [1.82, 2.24) is 5.32 Å². The molecule has 2 rings (SSSR count). The van der Waals surface area contributed by atoms with Crippen molar-refractivity contribution in [3.63, 3.8) is 0 Å². The molecule has 0 saturated carbocycles. The number of halogens is 1. The van der Waals surface area contributed by atoms with Gasteiger partial charge in [0, 0.05) is 16.4 Å². The molecule has 0 fully saturated rings. The van der Waals surface area contributed by atoms with Crippen LogP contribution < -0.4 is 16.0 Å². The SMILES string of the molecule is Cc1cc(C)c(NC(=O)CNC(=S)Nc2cccc(Cl)c2C)c(C)c1. The largest absolute Gasteiger partial charge is 0.353 e. The Morgan fingerprint density at radius 3 is 2.36 bits per heavy atom. The number of thiocarbonyl (C=S) groups is 1. The molecule has 0 heterocycles. The van der Waals surface area contributed by atoms with Crippen LogP contribution in [0.5, 0.6) is 0 Å². The molecule has 0 spiro atoms. The van der Waals surface area contributed by atoms with E-state index < -0.39 is 0 Å². The summed E-state index contributed by atoms with van der Waals surface area (Å²) >= 11 is 11.3. The Balaban J connectivity index is 1.92. The first-order valence-electron chi connectivity index (χ1n) is 7.95. The fourth-order valence-electron chi connectivity index (χ4n) is 2.63. The second kappa shape index (κ2) is 8.32. The predicted octanol–water partition coefficient (Wildman–Crippen LogP) is 4.50. The average Bonchev–Trinajstić information content (AvgIpc) is 2.53. The maximum Gasteiger partial charge on any atom is 0.243 e. The molecule has 3 N–H and O–H groups in total. The van der Waals surface area contributed by atoms with Gasteiger partial charge in [0.25, 0.3) is 0 Å². The third-order valence-electron chi connectivity index (χ3n) is 3.87. The predicted molar refractivity (Wildman–Crippen MR) is 110 cm³/mol. The quantitative estimate of drug-likeness (QED) is 0.689. The molecule has 0 aliphatic rings. The van der Waals surface area contributed by atoms with Gasteiger partial charge in [0.15, 0.2) is 5.11 Å². The second-order valence-electron chi connectivity index (χ2n) is 6.04. The lowest BCUT2D eigenvalue weighted by Crippen LogP contribution is -2.36. The van der Waals surface area contributed by atoms with E-state index in [1.54, 1.807) is 0 Å². The lowest BCUT2D eigenvalue weighted by molar-refractivity contribution is -0.115. The summed E-state index contributed by atoms with van der Waals surface area (Å²) in [7, 11) is 0. The maximum atomic E-state index is 12.2. The Morgan fingerprint density at radius 2 is 1.72 bits per heavy atom. The molecule has 0 radical (unpaired) electrons. The Hall–Kier alpha value is -2.11. The number of aryl methyl sites for hydroxylation is 3. The van der Waals surface area contributed by atoms with Gasteiger partial charge in [-0.05, 0) is 68.7 Å². The van der Waals surface area contributed by atoms with E-state index >= 15 is 0 Å². The van der Waals surface area contributed by atoms with Crippen LogP contribution >= 0.6 is 23.8 Å². The molecule has 0 aliphatic heterocycles. The van der Waals surface area contributed by atoms with Gasteiger partial charge in [0.05, 0.1) is 6.54 Å². The molecular formula is C19H22ClN3OS. The highest BCUT2D eigenvalue weighted by Gasteiger charge is 2.09. The maximum absolute atomic E-state index is 12.2. The minimum absolute atomic E-state index is 0.0816. The molecule has 0 unspecified atom stereocenters. The summed E-state index contributed by atoms with van der Waals surface area (Å²) in [4.78, 5) is 12.2. The van der Waals surface area contributed by atoms with E-state index in [0.29, 0.717) is 10.1 Å². The number of anilines is 2. The Labute approximate surface area is 159 Å². The van der Waals surface area contributed by atoms with Crippen molar-refractivity contribution < 1.29 is 4.79 Å². The molecule has 25 heavy (non-hydrogen) atoms. The van der Waals surface area contributed by atoms with Crippen LogP contribution in [0.4, 0.5) is 11.4 Å². The van der Waals surface area contributed by atoms with E-state index in [0.717, 1.165) is 28.1 Å². The Bertz CT molecular complexity index is 797. The molecule has 6 heteroatoms. The number of benzene rings is 2. The molecule has 0 aromatic heterocycles. The van der Waals surface area contributed by atoms with Crippen LogP contribution in [0.1, 0.15) is 22.3 Å². The van der Waals surface area contributed by atoms with Gasteiger partial charge in [-0.1, -0.05) is 35.4 Å². The molecule has 132 valence electrons. The molecule has 0 aliphatic carbocycles. The zero-order chi connectivity index (χ0) is 18.6. The first-order chi connectivity index (χ1) is 11.8. The minimum atomic E-state index is -0.151. The van der Waals surface area contributed by atoms with Crippen molar-refractivity contribution in [1.29, 1.82) is 0 Å². The number of hydrogen-bond acceptors (Lipinski definition) is 2. The summed E-state index contributed by atoms with van der Waals surface area (Å²) in [6, 6.07) is 9.64. The summed E-state index contributed by atoms with van der Waals surface area (Å²) in [5.74, 6) is -0.151. The van der Waals surface area contributed by atoms with Crippen molar-refractivity contribution in [3.05, 3.63) is 57.6 Å². The summed E-state index contributed by atoms with van der Waals surface area (Å²) in [5, 5.41) is 9.94. The number of amides is 1. The van der Waals surface area contributed by atoms with Crippen molar-refractivity contribution in [2.24, 2.45) is 0 Å². The first-order valence-corrected chi connectivity index (χ1v) is 8.74. The van der Waals surface area contributed by atoms with Crippen LogP contribution in [0.15, 0.2) is 30.3 Å². The zero-order valence-electron chi connectivity index (χ0n) is 14.8. The van der Waals surface area contributed by atoms with Crippen molar-refractivity contribution in [3.8, 4) is 0 Å². The van der Waals surface area contributed by atoms with E-state index in [1.165, 1.54) is 5.56 Å². The summed E-state index contributed by atoms with van der Waals surface area (Å²) in [6.45, 7) is 7.99. The second-order valence-corrected chi connectivity index (χ2v) is 6.86. The van der Waals surface area contributed by atoms with E-state index in [-0.39, 0.29) is 12.5 Å². The average molecular weight is 376 g/mol. The van der Waals surface area contributed by atoms with Crippen LogP contribution in [0.25, 0.3) is 0 Å². The van der Waals surface area contributed by atoms with Gasteiger partial charge < -0.3 is 16.0 Å². The van der Waals surface area contributed by atoms with Gasteiger partial charge in [-0.15, -0.1) is 0 Å². The van der Waals surface area contributed by atoms with Crippen LogP contribution in [0, 0.1) is 27.7 Å². The highest BCUT2D eigenvalue weighted by molar-refractivity contribution is 7.80. The summed E-state index contributed by atoms with van der Waals surface area (Å²) in [6.07, 6.45) is 0. The third kappa shape index (κ3) is 5.18. The smallest absolute Gasteiger partial charge is 0.243 e. The van der Waals surface area contributed by atoms with E-state index in [4.69, 9.17) is 23.8 Å². The van der Waals surface area contributed by atoms with E-state index in [1.807, 2.05) is 58.0 Å². The zero-order valence-corrected chi connectivity index (χ0v) is 16.4. The van der Waals surface area contributed by atoms with Gasteiger partial charge in [-0.3, -0.25) is 4.79 Å². The first kappa shape index (κ1) is 19.2. The van der Waals surface area contributed by atoms with Gasteiger partial charge in [0.1, 0.15) is 0 Å². The molecule has 2 aromatic rings. The Kier molecular flexibility index (Phi) is 6.39. The van der Waals surface area contributed by atoms with Crippen molar-refractivity contribution in [2.45, 2.75) is 27.7 Å². The molecule has 0 bridgehead atoms. The van der Waals surface area contributed by atoms with Crippen molar-refractivity contribution in [2.75, 3.05) is 17.2 Å². The normalized spacial score (nSPS) is 10.3. The van der Waals surface area contributed by atoms with Crippen LogP contribution in [0.3, 0.4) is 0 Å². The number of carbonyl (C=O) groups is 1. The van der Waals surface area contributed by atoms with Gasteiger partial charge in [-0.2, -0.15) is 0 Å². The van der Waals surface area contributed by atoms with Crippen LogP contribution in [0.2, 0.25) is 5.02 Å².